The molecule has 0 radical (unpaired) electrons. The molecular formula is C23H36N2. The second-order valence-electron chi connectivity index (χ2n) is 8.69. The molecule has 0 N–H and O–H groups in total. The van der Waals surface area contributed by atoms with Crippen LogP contribution in [0.25, 0.3) is 0 Å². The Balaban J connectivity index is 1.29. The van der Waals surface area contributed by atoms with E-state index < -0.39 is 0 Å². The van der Waals surface area contributed by atoms with Crippen molar-refractivity contribution in [2.24, 2.45) is 5.92 Å². The average Bonchev–Trinajstić information content (AvgIpc) is 2.69. The Morgan fingerprint density at radius 1 is 0.720 bits per heavy atom. The van der Waals surface area contributed by atoms with Gasteiger partial charge in [-0.1, -0.05) is 43.5 Å². The van der Waals surface area contributed by atoms with Crippen molar-refractivity contribution in [3.8, 4) is 0 Å². The highest BCUT2D eigenvalue weighted by Crippen LogP contribution is 2.35. The van der Waals surface area contributed by atoms with Gasteiger partial charge < -0.3 is 4.90 Å². The predicted octanol–water partition coefficient (Wildman–Crippen LogP) is 4.87. The zero-order chi connectivity index (χ0) is 16.9. The number of nitrogens with zero attached hydrogens (tertiary/aromatic N) is 2. The molecule has 0 spiro atoms. The van der Waals surface area contributed by atoms with Crippen LogP contribution >= 0.6 is 0 Å². The fourth-order valence-corrected chi connectivity index (χ4v) is 5.44. The molecule has 2 unspecified atom stereocenters. The summed E-state index contributed by atoms with van der Waals surface area (Å²) in [4.78, 5) is 5.45. The van der Waals surface area contributed by atoms with Gasteiger partial charge in [0.05, 0.1) is 0 Å². The minimum Gasteiger partial charge on any atom is -0.303 e. The van der Waals surface area contributed by atoms with Gasteiger partial charge in [-0.2, -0.15) is 0 Å². The lowest BCUT2D eigenvalue weighted by atomic mass is 9.78. The quantitative estimate of drug-likeness (QED) is 0.754. The molecule has 0 aromatic heterocycles. The summed E-state index contributed by atoms with van der Waals surface area (Å²) in [5, 5.41) is 0. The monoisotopic (exact) mass is 340 g/mol. The van der Waals surface area contributed by atoms with Gasteiger partial charge in [0.25, 0.3) is 0 Å². The Hall–Kier alpha value is -0.860. The number of fused-ring (bicyclic) bond motifs is 1. The van der Waals surface area contributed by atoms with Crippen molar-refractivity contribution in [3.05, 3.63) is 35.4 Å². The van der Waals surface area contributed by atoms with Crippen LogP contribution in [0.5, 0.6) is 0 Å². The van der Waals surface area contributed by atoms with E-state index in [1.165, 1.54) is 108 Å². The second-order valence-corrected chi connectivity index (χ2v) is 8.69. The van der Waals surface area contributed by atoms with Crippen molar-refractivity contribution in [3.63, 3.8) is 0 Å². The number of hydrogen-bond donors (Lipinski definition) is 0. The molecule has 2 heteroatoms. The zero-order valence-corrected chi connectivity index (χ0v) is 16.0. The first-order chi connectivity index (χ1) is 12.4. The minimum absolute atomic E-state index is 0.876. The summed E-state index contributed by atoms with van der Waals surface area (Å²) >= 11 is 0. The molecule has 4 rings (SSSR count). The third-order valence-corrected chi connectivity index (χ3v) is 6.93. The molecule has 0 bridgehead atoms. The van der Waals surface area contributed by atoms with E-state index in [2.05, 4.69) is 34.1 Å². The maximum atomic E-state index is 2.80. The average molecular weight is 341 g/mol. The van der Waals surface area contributed by atoms with Gasteiger partial charge in [-0.3, -0.25) is 4.90 Å². The van der Waals surface area contributed by atoms with Gasteiger partial charge in [0.15, 0.2) is 0 Å². The summed E-state index contributed by atoms with van der Waals surface area (Å²) in [7, 11) is 0. The lowest BCUT2D eigenvalue weighted by Gasteiger charge is -2.44. The van der Waals surface area contributed by atoms with Gasteiger partial charge >= 0.3 is 0 Å². The summed E-state index contributed by atoms with van der Waals surface area (Å²) in [6, 6.07) is 10.5. The van der Waals surface area contributed by atoms with Gasteiger partial charge in [0, 0.05) is 19.1 Å². The molecule has 1 aromatic rings. The Kier molecular flexibility index (Phi) is 6.10. The number of hydrogen-bond acceptors (Lipinski definition) is 2. The van der Waals surface area contributed by atoms with Crippen LogP contribution in [0.15, 0.2) is 24.3 Å². The first-order valence-corrected chi connectivity index (χ1v) is 10.9. The molecule has 2 aliphatic heterocycles. The fraction of sp³-hybridized carbons (Fsp3) is 0.739. The molecule has 2 heterocycles. The van der Waals surface area contributed by atoms with E-state index in [9.17, 15) is 0 Å². The van der Waals surface area contributed by atoms with Crippen molar-refractivity contribution >= 4 is 0 Å². The summed E-state index contributed by atoms with van der Waals surface area (Å²) in [5.74, 6) is 0.992. The number of likely N-dealkylation sites (tertiary alicyclic amines) is 2. The Morgan fingerprint density at radius 2 is 1.44 bits per heavy atom. The van der Waals surface area contributed by atoms with Crippen molar-refractivity contribution in [2.45, 2.75) is 76.8 Å². The van der Waals surface area contributed by atoms with E-state index in [1.807, 2.05) is 0 Å². The number of piperidine rings is 2. The topological polar surface area (TPSA) is 6.48 Å². The summed E-state index contributed by atoms with van der Waals surface area (Å²) in [5.41, 5.74) is 3.04. The highest BCUT2D eigenvalue weighted by atomic mass is 15.2. The summed E-state index contributed by atoms with van der Waals surface area (Å²) < 4.78 is 0. The van der Waals surface area contributed by atoms with Crippen LogP contribution in [0.3, 0.4) is 0 Å². The maximum Gasteiger partial charge on any atom is 0.0236 e. The van der Waals surface area contributed by atoms with E-state index >= 15 is 0 Å². The molecule has 1 aliphatic carbocycles. The van der Waals surface area contributed by atoms with Crippen molar-refractivity contribution in [2.75, 3.05) is 26.2 Å². The minimum atomic E-state index is 0.876. The van der Waals surface area contributed by atoms with Crippen LogP contribution in [-0.2, 0) is 13.0 Å². The number of rotatable bonds is 5. The highest BCUT2D eigenvalue weighted by molar-refractivity contribution is 5.23. The van der Waals surface area contributed by atoms with Gasteiger partial charge in [-0.05, 0) is 81.6 Å². The van der Waals surface area contributed by atoms with Crippen LogP contribution in [0, 0.1) is 5.92 Å². The van der Waals surface area contributed by atoms with Gasteiger partial charge in [-0.15, -0.1) is 0 Å². The smallest absolute Gasteiger partial charge is 0.0236 e. The first-order valence-electron chi connectivity index (χ1n) is 10.9. The molecule has 25 heavy (non-hydrogen) atoms. The van der Waals surface area contributed by atoms with Gasteiger partial charge in [-0.25, -0.2) is 0 Å². The molecule has 0 amide bonds. The van der Waals surface area contributed by atoms with Crippen LogP contribution in [0.4, 0.5) is 0 Å². The maximum absolute atomic E-state index is 2.80. The van der Waals surface area contributed by atoms with Crippen molar-refractivity contribution in [1.29, 1.82) is 0 Å². The molecule has 3 fully saturated rings. The van der Waals surface area contributed by atoms with E-state index in [0.29, 0.717) is 0 Å². The molecule has 2 saturated heterocycles. The fourth-order valence-electron chi connectivity index (χ4n) is 5.44. The molecule has 138 valence electrons. The number of benzene rings is 1. The van der Waals surface area contributed by atoms with Crippen LogP contribution in [-0.4, -0.2) is 42.0 Å². The lowest BCUT2D eigenvalue weighted by molar-refractivity contribution is 0.0547. The molecule has 2 nitrogen and oxygen atoms in total. The molecular weight excluding hydrogens is 304 g/mol. The normalized spacial score (nSPS) is 28.6. The Morgan fingerprint density at radius 3 is 2.28 bits per heavy atom. The molecule has 3 aliphatic rings. The van der Waals surface area contributed by atoms with Crippen molar-refractivity contribution < 1.29 is 0 Å². The van der Waals surface area contributed by atoms with E-state index in [4.69, 9.17) is 0 Å². The molecule has 1 saturated carbocycles. The zero-order valence-electron chi connectivity index (χ0n) is 16.0. The van der Waals surface area contributed by atoms with Gasteiger partial charge in [0.2, 0.25) is 0 Å². The highest BCUT2D eigenvalue weighted by Gasteiger charge is 2.32. The first kappa shape index (κ1) is 17.5. The Labute approximate surface area is 154 Å². The second kappa shape index (κ2) is 8.68. The lowest BCUT2D eigenvalue weighted by Crippen LogP contribution is -2.46. The summed E-state index contributed by atoms with van der Waals surface area (Å²) in [6.45, 7) is 6.37. The third-order valence-electron chi connectivity index (χ3n) is 6.93. The Bertz CT molecular complexity index is 515. The largest absolute Gasteiger partial charge is 0.303 e. The van der Waals surface area contributed by atoms with E-state index in [-0.39, 0.29) is 0 Å². The van der Waals surface area contributed by atoms with Crippen LogP contribution < -0.4 is 0 Å². The van der Waals surface area contributed by atoms with Crippen LogP contribution in [0.1, 0.15) is 68.9 Å². The van der Waals surface area contributed by atoms with Crippen molar-refractivity contribution in [1.82, 2.24) is 9.80 Å². The van der Waals surface area contributed by atoms with E-state index in [1.54, 1.807) is 0 Å². The molecule has 1 aromatic carbocycles. The predicted molar refractivity (Wildman–Crippen MR) is 106 cm³/mol. The standard InChI is InChI=1S/C23H36N2/c1-4-15-24(16-5-1)18-14-20-10-12-21(13-11-20)19-25-17-6-8-22-7-2-3-9-23(22)25/h10-13,22-23H,1-9,14-19H2. The molecule has 2 atom stereocenters. The third kappa shape index (κ3) is 4.65. The van der Waals surface area contributed by atoms with Crippen LogP contribution in [0.2, 0.25) is 0 Å². The van der Waals surface area contributed by atoms with Gasteiger partial charge in [0.1, 0.15) is 0 Å². The SMILES string of the molecule is c1cc(CN2CCCC3CCCCC32)ccc1CCN1CCCCC1. The summed E-state index contributed by atoms with van der Waals surface area (Å²) in [6.07, 6.45) is 14.2. The van der Waals surface area contributed by atoms with E-state index in [0.717, 1.165) is 12.0 Å².